The van der Waals surface area contributed by atoms with Crippen LogP contribution < -0.4 is 15.0 Å². The quantitative estimate of drug-likeness (QED) is 0.595. The molecule has 33 heavy (non-hydrogen) atoms. The van der Waals surface area contributed by atoms with E-state index in [1.165, 1.54) is 12.1 Å². The summed E-state index contributed by atoms with van der Waals surface area (Å²) in [5, 5.41) is 2.90. The Kier molecular flexibility index (Phi) is 9.06. The van der Waals surface area contributed by atoms with Crippen LogP contribution in [0.2, 0.25) is 0 Å². The maximum atomic E-state index is 13.1. The number of anilines is 2. The maximum absolute atomic E-state index is 13.1. The minimum atomic E-state index is -0.249. The summed E-state index contributed by atoms with van der Waals surface area (Å²) in [6, 6.07) is 13.7. The molecule has 0 unspecified atom stereocenters. The summed E-state index contributed by atoms with van der Waals surface area (Å²) in [6.45, 7) is 6.26. The van der Waals surface area contributed by atoms with Crippen LogP contribution in [0.3, 0.4) is 0 Å². The van der Waals surface area contributed by atoms with E-state index in [1.807, 2.05) is 21.9 Å². The molecule has 0 bridgehead atoms. The summed E-state index contributed by atoms with van der Waals surface area (Å²) >= 11 is 0. The van der Waals surface area contributed by atoms with E-state index in [2.05, 4.69) is 17.1 Å². The Morgan fingerprint density at radius 3 is 2.39 bits per heavy atom. The van der Waals surface area contributed by atoms with Crippen molar-refractivity contribution < 1.29 is 18.7 Å². The second-order valence-electron chi connectivity index (χ2n) is 8.12. The van der Waals surface area contributed by atoms with Crippen LogP contribution in [0.15, 0.2) is 48.5 Å². The van der Waals surface area contributed by atoms with Gasteiger partial charge in [-0.2, -0.15) is 0 Å². The van der Waals surface area contributed by atoms with Gasteiger partial charge >= 0.3 is 0 Å². The predicted molar refractivity (Wildman–Crippen MR) is 128 cm³/mol. The summed E-state index contributed by atoms with van der Waals surface area (Å²) in [6.07, 6.45) is 1.27. The third-order valence-corrected chi connectivity index (χ3v) is 5.75. The summed E-state index contributed by atoms with van der Waals surface area (Å²) < 4.78 is 18.4. The van der Waals surface area contributed by atoms with Gasteiger partial charge in [0, 0.05) is 44.8 Å². The van der Waals surface area contributed by atoms with E-state index in [4.69, 9.17) is 4.74 Å². The maximum Gasteiger partial charge on any atom is 0.238 e. The summed E-state index contributed by atoms with van der Waals surface area (Å²) in [5.74, 6) is 0.331. The number of para-hydroxylation sites is 2. The van der Waals surface area contributed by atoms with E-state index in [1.54, 1.807) is 31.4 Å². The Bertz CT molecular complexity index is 914. The van der Waals surface area contributed by atoms with Gasteiger partial charge in [-0.1, -0.05) is 19.1 Å². The van der Waals surface area contributed by atoms with Crippen LogP contribution in [0, 0.1) is 5.82 Å². The van der Waals surface area contributed by atoms with Crippen LogP contribution in [0.25, 0.3) is 0 Å². The normalized spacial score (nSPS) is 13.8. The van der Waals surface area contributed by atoms with E-state index in [0.717, 1.165) is 31.7 Å². The van der Waals surface area contributed by atoms with Crippen molar-refractivity contribution in [3.8, 4) is 5.75 Å². The van der Waals surface area contributed by atoms with Crippen LogP contribution in [0.1, 0.15) is 19.8 Å². The molecule has 2 aromatic carbocycles. The number of methoxy groups -OCH3 is 1. The number of hydrogen-bond donors (Lipinski definition) is 1. The molecule has 7 nitrogen and oxygen atoms in total. The molecule has 178 valence electrons. The van der Waals surface area contributed by atoms with Crippen LogP contribution in [-0.4, -0.2) is 74.5 Å². The van der Waals surface area contributed by atoms with Crippen LogP contribution in [-0.2, 0) is 9.59 Å². The second kappa shape index (κ2) is 12.2. The van der Waals surface area contributed by atoms with Crippen molar-refractivity contribution in [1.82, 2.24) is 9.80 Å². The average Bonchev–Trinajstić information content (AvgIpc) is 2.83. The fraction of sp³-hybridized carbons (Fsp3) is 0.440. The summed E-state index contributed by atoms with van der Waals surface area (Å²) in [5.41, 5.74) is 1.61. The lowest BCUT2D eigenvalue weighted by molar-refractivity contribution is -0.132. The predicted octanol–water partition coefficient (Wildman–Crippen LogP) is 3.22. The van der Waals surface area contributed by atoms with E-state index in [9.17, 15) is 14.0 Å². The zero-order chi connectivity index (χ0) is 23.6. The van der Waals surface area contributed by atoms with E-state index >= 15 is 0 Å². The molecule has 1 heterocycles. The lowest BCUT2D eigenvalue weighted by Crippen LogP contribution is -2.49. The first-order valence-electron chi connectivity index (χ1n) is 11.4. The minimum Gasteiger partial charge on any atom is -0.495 e. The molecule has 2 aromatic rings. The Labute approximate surface area is 195 Å². The van der Waals surface area contributed by atoms with Gasteiger partial charge in [-0.3, -0.25) is 14.5 Å². The molecular formula is C25H33FN4O3. The van der Waals surface area contributed by atoms with Gasteiger partial charge in [0.2, 0.25) is 11.8 Å². The van der Waals surface area contributed by atoms with Gasteiger partial charge in [0.15, 0.2) is 0 Å². The largest absolute Gasteiger partial charge is 0.495 e. The van der Waals surface area contributed by atoms with Crippen molar-refractivity contribution in [3.63, 3.8) is 0 Å². The zero-order valence-corrected chi connectivity index (χ0v) is 19.4. The number of piperazine rings is 1. The molecule has 0 spiro atoms. The number of amides is 2. The molecule has 0 aliphatic carbocycles. The van der Waals surface area contributed by atoms with E-state index in [-0.39, 0.29) is 24.2 Å². The van der Waals surface area contributed by atoms with Crippen LogP contribution in [0.5, 0.6) is 5.75 Å². The standard InChI is InChI=1S/C25H33FN4O3/c1-3-13-28(19-24(31)27-22-6-4-5-7-23(22)33-2)14-12-25(32)30-17-15-29(16-18-30)21-10-8-20(26)9-11-21/h4-11H,3,12-19H2,1-2H3,(H,27,31). The summed E-state index contributed by atoms with van der Waals surface area (Å²) in [7, 11) is 1.57. The number of halogens is 1. The third kappa shape index (κ3) is 7.18. The Morgan fingerprint density at radius 1 is 1.03 bits per heavy atom. The highest BCUT2D eigenvalue weighted by molar-refractivity contribution is 5.93. The van der Waals surface area contributed by atoms with E-state index in [0.29, 0.717) is 37.5 Å². The van der Waals surface area contributed by atoms with Gasteiger partial charge in [-0.25, -0.2) is 4.39 Å². The second-order valence-corrected chi connectivity index (χ2v) is 8.12. The Hall–Kier alpha value is -3.13. The van der Waals surface area contributed by atoms with Crippen molar-refractivity contribution in [2.24, 2.45) is 0 Å². The van der Waals surface area contributed by atoms with Gasteiger partial charge in [0.1, 0.15) is 11.6 Å². The first kappa shape index (κ1) is 24.5. The average molecular weight is 457 g/mol. The third-order valence-electron chi connectivity index (χ3n) is 5.75. The molecule has 0 saturated carbocycles. The Morgan fingerprint density at radius 2 is 1.73 bits per heavy atom. The number of nitrogens with zero attached hydrogens (tertiary/aromatic N) is 3. The number of carbonyl (C=O) groups excluding carboxylic acids is 2. The first-order valence-corrected chi connectivity index (χ1v) is 11.4. The lowest BCUT2D eigenvalue weighted by atomic mass is 10.2. The molecule has 0 radical (unpaired) electrons. The number of benzene rings is 2. The molecule has 2 amide bonds. The minimum absolute atomic E-state index is 0.0972. The van der Waals surface area contributed by atoms with Crippen molar-refractivity contribution in [2.75, 3.05) is 63.1 Å². The zero-order valence-electron chi connectivity index (χ0n) is 19.4. The van der Waals surface area contributed by atoms with Gasteiger partial charge < -0.3 is 19.9 Å². The highest BCUT2D eigenvalue weighted by atomic mass is 19.1. The number of ether oxygens (including phenoxy) is 1. The number of nitrogens with one attached hydrogen (secondary N) is 1. The van der Waals surface area contributed by atoms with Gasteiger partial charge in [0.25, 0.3) is 0 Å². The summed E-state index contributed by atoms with van der Waals surface area (Å²) in [4.78, 5) is 31.4. The molecule has 0 atom stereocenters. The fourth-order valence-corrected chi connectivity index (χ4v) is 4.00. The molecule has 1 saturated heterocycles. The van der Waals surface area contributed by atoms with Crippen molar-refractivity contribution in [1.29, 1.82) is 0 Å². The SMILES string of the molecule is CCCN(CCC(=O)N1CCN(c2ccc(F)cc2)CC1)CC(=O)Nc1ccccc1OC. The molecule has 8 heteroatoms. The molecule has 1 aliphatic heterocycles. The van der Waals surface area contributed by atoms with Crippen molar-refractivity contribution >= 4 is 23.2 Å². The van der Waals surface area contributed by atoms with Crippen LogP contribution >= 0.6 is 0 Å². The molecule has 0 aromatic heterocycles. The van der Waals surface area contributed by atoms with Gasteiger partial charge in [0.05, 0.1) is 19.3 Å². The molecular weight excluding hydrogens is 423 g/mol. The number of rotatable bonds is 10. The molecule has 1 aliphatic rings. The van der Waals surface area contributed by atoms with Gasteiger partial charge in [-0.15, -0.1) is 0 Å². The number of carbonyl (C=O) groups is 2. The highest BCUT2D eigenvalue weighted by Crippen LogP contribution is 2.23. The van der Waals surface area contributed by atoms with Gasteiger partial charge in [-0.05, 0) is 49.4 Å². The van der Waals surface area contributed by atoms with Crippen molar-refractivity contribution in [3.05, 3.63) is 54.3 Å². The first-order chi connectivity index (χ1) is 16.0. The molecule has 1 fully saturated rings. The Balaban J connectivity index is 1.45. The monoisotopic (exact) mass is 456 g/mol. The highest BCUT2D eigenvalue weighted by Gasteiger charge is 2.22. The van der Waals surface area contributed by atoms with Crippen molar-refractivity contribution in [2.45, 2.75) is 19.8 Å². The topological polar surface area (TPSA) is 65.1 Å². The molecule has 3 rings (SSSR count). The molecule has 1 N–H and O–H groups in total. The van der Waals surface area contributed by atoms with E-state index < -0.39 is 0 Å². The number of hydrogen-bond acceptors (Lipinski definition) is 5. The van der Waals surface area contributed by atoms with Crippen LogP contribution in [0.4, 0.5) is 15.8 Å². The lowest BCUT2D eigenvalue weighted by Gasteiger charge is -2.36. The fourth-order valence-electron chi connectivity index (χ4n) is 4.00. The smallest absolute Gasteiger partial charge is 0.238 e.